The van der Waals surface area contributed by atoms with Gasteiger partial charge in [0.2, 0.25) is 5.91 Å². The Morgan fingerprint density at radius 1 is 1.46 bits per heavy atom. The lowest BCUT2D eigenvalue weighted by atomic mass is 9.88. The number of carbonyl (C=O) groups excluding carboxylic acids is 1. The third-order valence-electron chi connectivity index (χ3n) is 3.64. The van der Waals surface area contributed by atoms with Crippen molar-refractivity contribution in [3.05, 3.63) is 0 Å². The van der Waals surface area contributed by atoms with E-state index in [2.05, 4.69) is 5.32 Å². The molecule has 0 bridgehead atoms. The first-order valence-electron chi connectivity index (χ1n) is 7.36. The van der Waals surface area contributed by atoms with Crippen molar-refractivity contribution in [2.45, 2.75) is 49.6 Å². The number of nitrogens with two attached hydrogens (primary N) is 1. The summed E-state index contributed by atoms with van der Waals surface area (Å²) >= 11 is 0. The van der Waals surface area contributed by atoms with Crippen LogP contribution in [0.15, 0.2) is 0 Å². The Labute approximate surface area is 138 Å². The van der Waals surface area contributed by atoms with Gasteiger partial charge in [0.05, 0.1) is 25.4 Å². The van der Waals surface area contributed by atoms with Crippen LogP contribution in [-0.2, 0) is 19.1 Å². The standard InChI is InChI=1S/C13H24N2O9/c1-6(17)15-9-7(18)4-13(12(21)22,23-3-2-14)24-11(9)10(20)8(19)5-16/h7-11,16,18-20H,2-5,14H2,1H3,(H,15,17)(H,21,22)/t7-,8+,9+,10+,11+,13+/m0/s1. The minimum absolute atomic E-state index is 0.0178. The molecular formula is C13H24N2O9. The molecule has 1 amide bonds. The van der Waals surface area contributed by atoms with Crippen LogP contribution >= 0.6 is 0 Å². The van der Waals surface area contributed by atoms with Crippen LogP contribution in [0.4, 0.5) is 0 Å². The SMILES string of the molecule is CC(=O)N[C@H]1[C@H]([C@H](O)[C@H](O)CO)O[C@@](OCCN)(C(=O)O)C[C@@H]1O. The van der Waals surface area contributed by atoms with Gasteiger partial charge in [0.15, 0.2) is 0 Å². The van der Waals surface area contributed by atoms with Gasteiger partial charge in [-0.3, -0.25) is 4.79 Å². The third kappa shape index (κ3) is 4.60. The highest BCUT2D eigenvalue weighted by atomic mass is 16.7. The zero-order valence-corrected chi connectivity index (χ0v) is 13.2. The van der Waals surface area contributed by atoms with Crippen molar-refractivity contribution in [1.82, 2.24) is 5.32 Å². The fourth-order valence-electron chi connectivity index (χ4n) is 2.50. The summed E-state index contributed by atoms with van der Waals surface area (Å²) in [7, 11) is 0. The number of carbonyl (C=O) groups is 2. The molecule has 6 atom stereocenters. The fourth-order valence-corrected chi connectivity index (χ4v) is 2.50. The highest BCUT2D eigenvalue weighted by molar-refractivity contribution is 5.76. The van der Waals surface area contributed by atoms with E-state index in [-0.39, 0.29) is 13.2 Å². The van der Waals surface area contributed by atoms with Crippen molar-refractivity contribution >= 4 is 11.9 Å². The summed E-state index contributed by atoms with van der Waals surface area (Å²) in [6.07, 6.45) is -7.01. The highest BCUT2D eigenvalue weighted by Crippen LogP contribution is 2.33. The molecule has 8 N–H and O–H groups in total. The van der Waals surface area contributed by atoms with Crippen LogP contribution in [-0.4, -0.2) is 93.4 Å². The zero-order valence-electron chi connectivity index (χ0n) is 13.2. The third-order valence-corrected chi connectivity index (χ3v) is 3.64. The summed E-state index contributed by atoms with van der Waals surface area (Å²) in [6, 6.07) is -1.22. The van der Waals surface area contributed by atoms with Gasteiger partial charge in [-0.2, -0.15) is 0 Å². The van der Waals surface area contributed by atoms with E-state index >= 15 is 0 Å². The normalized spacial score (nSPS) is 32.8. The zero-order chi connectivity index (χ0) is 18.5. The summed E-state index contributed by atoms with van der Waals surface area (Å²) < 4.78 is 10.5. The summed E-state index contributed by atoms with van der Waals surface area (Å²) in [5, 5.41) is 50.7. The number of nitrogens with one attached hydrogen (secondary N) is 1. The lowest BCUT2D eigenvalue weighted by molar-refractivity contribution is -0.310. The number of aliphatic hydroxyl groups excluding tert-OH is 4. The van der Waals surface area contributed by atoms with E-state index < -0.39 is 61.1 Å². The first-order valence-corrected chi connectivity index (χ1v) is 7.36. The van der Waals surface area contributed by atoms with Crippen molar-refractivity contribution in [1.29, 1.82) is 0 Å². The predicted octanol–water partition coefficient (Wildman–Crippen LogP) is -3.89. The van der Waals surface area contributed by atoms with Gasteiger partial charge >= 0.3 is 5.97 Å². The molecule has 0 aromatic rings. The Morgan fingerprint density at radius 3 is 2.54 bits per heavy atom. The Kier molecular flexibility index (Phi) is 7.48. The number of carboxylic acids is 1. The molecule has 0 aliphatic carbocycles. The maximum atomic E-state index is 11.6. The molecule has 1 aliphatic heterocycles. The molecule has 0 unspecified atom stereocenters. The predicted molar refractivity (Wildman–Crippen MR) is 77.6 cm³/mol. The lowest BCUT2D eigenvalue weighted by Gasteiger charge is -2.46. The highest BCUT2D eigenvalue weighted by Gasteiger charge is 2.55. The van der Waals surface area contributed by atoms with Gasteiger partial charge in [-0.1, -0.05) is 0 Å². The molecule has 0 spiro atoms. The van der Waals surface area contributed by atoms with E-state index in [9.17, 15) is 30.0 Å². The Morgan fingerprint density at radius 2 is 2.08 bits per heavy atom. The van der Waals surface area contributed by atoms with Crippen LogP contribution in [0, 0.1) is 0 Å². The fraction of sp³-hybridized carbons (Fsp3) is 0.846. The number of aliphatic carboxylic acids is 1. The molecule has 0 saturated carbocycles. The van der Waals surface area contributed by atoms with Crippen molar-refractivity contribution in [2.75, 3.05) is 19.8 Å². The number of aliphatic hydroxyl groups is 4. The van der Waals surface area contributed by atoms with E-state index in [0.29, 0.717) is 0 Å². The van der Waals surface area contributed by atoms with Crippen LogP contribution in [0.3, 0.4) is 0 Å². The second-order valence-corrected chi connectivity index (χ2v) is 5.52. The number of carboxylic acid groups (broad SMARTS) is 1. The summed E-state index contributed by atoms with van der Waals surface area (Å²) in [5.41, 5.74) is 5.28. The first-order chi connectivity index (χ1) is 11.2. The molecule has 24 heavy (non-hydrogen) atoms. The molecule has 1 heterocycles. The molecule has 11 nitrogen and oxygen atoms in total. The maximum Gasteiger partial charge on any atom is 0.364 e. The van der Waals surface area contributed by atoms with Crippen LogP contribution in [0.1, 0.15) is 13.3 Å². The molecule has 1 fully saturated rings. The van der Waals surface area contributed by atoms with Gasteiger partial charge in [0.1, 0.15) is 18.3 Å². The van der Waals surface area contributed by atoms with Gasteiger partial charge in [0, 0.05) is 19.9 Å². The molecule has 1 saturated heterocycles. The second-order valence-electron chi connectivity index (χ2n) is 5.52. The van der Waals surface area contributed by atoms with Gasteiger partial charge in [0.25, 0.3) is 5.79 Å². The Hall–Kier alpha value is -1.34. The summed E-state index contributed by atoms with van der Waals surface area (Å²) in [4.78, 5) is 22.9. The number of hydrogen-bond donors (Lipinski definition) is 7. The van der Waals surface area contributed by atoms with Gasteiger partial charge < -0.3 is 46.1 Å². The van der Waals surface area contributed by atoms with Crippen molar-refractivity contribution in [3.8, 4) is 0 Å². The van der Waals surface area contributed by atoms with Crippen molar-refractivity contribution in [2.24, 2.45) is 5.73 Å². The molecule has 1 rings (SSSR count). The number of amides is 1. The smallest absolute Gasteiger partial charge is 0.364 e. The Balaban J connectivity index is 3.16. The first kappa shape index (κ1) is 20.7. The quantitative estimate of drug-likeness (QED) is 0.227. The van der Waals surface area contributed by atoms with E-state index in [1.807, 2.05) is 0 Å². The number of hydrogen-bond acceptors (Lipinski definition) is 9. The maximum absolute atomic E-state index is 11.6. The summed E-state index contributed by atoms with van der Waals surface area (Å²) in [5.74, 6) is -4.44. The van der Waals surface area contributed by atoms with Crippen LogP contribution < -0.4 is 11.1 Å². The largest absolute Gasteiger partial charge is 0.477 e. The van der Waals surface area contributed by atoms with Gasteiger partial charge in [-0.15, -0.1) is 0 Å². The average molecular weight is 352 g/mol. The molecule has 140 valence electrons. The minimum atomic E-state index is -2.31. The molecule has 1 aliphatic rings. The molecule has 0 radical (unpaired) electrons. The second kappa shape index (κ2) is 8.67. The monoisotopic (exact) mass is 352 g/mol. The van der Waals surface area contributed by atoms with Gasteiger partial charge in [-0.05, 0) is 0 Å². The van der Waals surface area contributed by atoms with E-state index in [1.165, 1.54) is 0 Å². The van der Waals surface area contributed by atoms with Crippen LogP contribution in [0.2, 0.25) is 0 Å². The molecule has 0 aromatic carbocycles. The molecular weight excluding hydrogens is 328 g/mol. The van der Waals surface area contributed by atoms with E-state index in [1.54, 1.807) is 0 Å². The molecule has 0 aromatic heterocycles. The van der Waals surface area contributed by atoms with Crippen LogP contribution in [0.5, 0.6) is 0 Å². The van der Waals surface area contributed by atoms with Crippen molar-refractivity contribution in [3.63, 3.8) is 0 Å². The summed E-state index contributed by atoms with van der Waals surface area (Å²) in [6.45, 7) is 0.0987. The average Bonchev–Trinajstić information content (AvgIpc) is 2.53. The minimum Gasteiger partial charge on any atom is -0.477 e. The number of rotatable bonds is 8. The lowest BCUT2D eigenvalue weighted by Crippen LogP contribution is -2.68. The molecule has 11 heteroatoms. The van der Waals surface area contributed by atoms with E-state index in [4.69, 9.17) is 20.3 Å². The number of ether oxygens (including phenoxy) is 2. The van der Waals surface area contributed by atoms with E-state index in [0.717, 1.165) is 6.92 Å². The van der Waals surface area contributed by atoms with Crippen molar-refractivity contribution < 1.29 is 44.6 Å². The Bertz CT molecular complexity index is 449. The topological polar surface area (TPSA) is 192 Å². The van der Waals surface area contributed by atoms with Gasteiger partial charge in [-0.25, -0.2) is 4.79 Å². The van der Waals surface area contributed by atoms with Crippen LogP contribution in [0.25, 0.3) is 0 Å².